The Morgan fingerprint density at radius 3 is 2.39 bits per heavy atom. The second-order valence-corrected chi connectivity index (χ2v) is 8.93. The Labute approximate surface area is 168 Å². The number of fused-ring (bicyclic) bond motifs is 3. The summed E-state index contributed by atoms with van der Waals surface area (Å²) in [5, 5.41) is 9.41. The summed E-state index contributed by atoms with van der Waals surface area (Å²) in [5.41, 5.74) is 2.31. The van der Waals surface area contributed by atoms with Gasteiger partial charge >= 0.3 is 0 Å². The summed E-state index contributed by atoms with van der Waals surface area (Å²) >= 11 is 1.73. The van der Waals surface area contributed by atoms with Crippen molar-refractivity contribution in [3.05, 3.63) is 70.3 Å². The minimum absolute atomic E-state index is 0.0185. The molecule has 0 fully saturated rings. The third-order valence-electron chi connectivity index (χ3n) is 4.98. The molecule has 2 aromatic carbocycles. The van der Waals surface area contributed by atoms with E-state index in [4.69, 9.17) is 0 Å². The number of para-hydroxylation sites is 1. The van der Waals surface area contributed by atoms with Crippen molar-refractivity contribution < 1.29 is 0 Å². The molecule has 0 aliphatic rings. The van der Waals surface area contributed by atoms with Crippen molar-refractivity contribution in [1.82, 2.24) is 19.2 Å². The lowest BCUT2D eigenvalue weighted by atomic mass is 9.87. The summed E-state index contributed by atoms with van der Waals surface area (Å²) in [6.45, 7) is 9.17. The Bertz CT molecular complexity index is 1200. The molecule has 5 nitrogen and oxygen atoms in total. The van der Waals surface area contributed by atoms with Gasteiger partial charge in [0.05, 0.1) is 16.7 Å². The van der Waals surface area contributed by atoms with E-state index in [9.17, 15) is 4.79 Å². The molecule has 0 amide bonds. The van der Waals surface area contributed by atoms with Gasteiger partial charge in [-0.05, 0) is 42.2 Å². The molecule has 0 saturated carbocycles. The van der Waals surface area contributed by atoms with Crippen LogP contribution in [-0.4, -0.2) is 19.2 Å². The van der Waals surface area contributed by atoms with Crippen molar-refractivity contribution in [2.24, 2.45) is 0 Å². The first-order chi connectivity index (χ1) is 13.4. The van der Waals surface area contributed by atoms with Crippen molar-refractivity contribution in [3.63, 3.8) is 0 Å². The first-order valence-corrected chi connectivity index (χ1v) is 10.5. The van der Waals surface area contributed by atoms with Gasteiger partial charge in [-0.25, -0.2) is 0 Å². The molecule has 144 valence electrons. The number of thioether (sulfide) groups is 1. The van der Waals surface area contributed by atoms with E-state index < -0.39 is 0 Å². The standard InChI is InChI=1S/C22H24N4OS/c1-5-25-20(27)17-8-6-7-9-18(17)26-19(23-24-21(25)26)14-28-16-12-10-15(11-13-16)22(2,3)4/h6-13H,5,14H2,1-4H3. The predicted octanol–water partition coefficient (Wildman–Crippen LogP) is 4.65. The smallest absolute Gasteiger partial charge is 0.262 e. The highest BCUT2D eigenvalue weighted by Crippen LogP contribution is 2.27. The van der Waals surface area contributed by atoms with Gasteiger partial charge in [0.2, 0.25) is 5.78 Å². The molecule has 4 rings (SSSR count). The maximum atomic E-state index is 12.8. The van der Waals surface area contributed by atoms with Crippen LogP contribution in [0.2, 0.25) is 0 Å². The molecule has 0 aliphatic carbocycles. The number of rotatable bonds is 4. The van der Waals surface area contributed by atoms with Gasteiger partial charge in [0.25, 0.3) is 5.56 Å². The summed E-state index contributed by atoms with van der Waals surface area (Å²) in [7, 11) is 0. The van der Waals surface area contributed by atoms with E-state index in [1.54, 1.807) is 16.3 Å². The molecular weight excluding hydrogens is 368 g/mol. The quantitative estimate of drug-likeness (QED) is 0.474. The monoisotopic (exact) mass is 392 g/mol. The van der Waals surface area contributed by atoms with Crippen LogP contribution in [0.4, 0.5) is 0 Å². The summed E-state index contributed by atoms with van der Waals surface area (Å²) in [5.74, 6) is 2.13. The molecule has 2 aromatic heterocycles. The molecule has 0 saturated heterocycles. The lowest BCUT2D eigenvalue weighted by molar-refractivity contribution is 0.590. The van der Waals surface area contributed by atoms with Crippen molar-refractivity contribution in [2.75, 3.05) is 0 Å². The average Bonchev–Trinajstić information content (AvgIpc) is 3.10. The zero-order chi connectivity index (χ0) is 19.9. The summed E-state index contributed by atoms with van der Waals surface area (Å²) in [6.07, 6.45) is 0. The van der Waals surface area contributed by atoms with Crippen molar-refractivity contribution in [1.29, 1.82) is 0 Å². The Balaban J connectivity index is 1.72. The van der Waals surface area contributed by atoms with Gasteiger partial charge in [-0.3, -0.25) is 13.8 Å². The van der Waals surface area contributed by atoms with Crippen LogP contribution in [-0.2, 0) is 17.7 Å². The molecule has 2 heterocycles. The minimum atomic E-state index is -0.0185. The number of aryl methyl sites for hydroxylation is 1. The lowest BCUT2D eigenvalue weighted by Crippen LogP contribution is -2.22. The van der Waals surface area contributed by atoms with E-state index in [0.717, 1.165) is 11.3 Å². The van der Waals surface area contributed by atoms with E-state index in [1.807, 2.05) is 35.6 Å². The van der Waals surface area contributed by atoms with Gasteiger partial charge in [0, 0.05) is 11.4 Å². The highest BCUT2D eigenvalue weighted by Gasteiger charge is 2.16. The zero-order valence-corrected chi connectivity index (χ0v) is 17.5. The molecule has 0 atom stereocenters. The Morgan fingerprint density at radius 2 is 1.71 bits per heavy atom. The van der Waals surface area contributed by atoms with Gasteiger partial charge in [-0.2, -0.15) is 0 Å². The average molecular weight is 393 g/mol. The number of aromatic nitrogens is 4. The first-order valence-electron chi connectivity index (χ1n) is 9.49. The SMILES string of the molecule is CCn1c(=O)c2ccccc2n2c(CSc3ccc(C(C)(C)C)cc3)nnc12. The lowest BCUT2D eigenvalue weighted by Gasteiger charge is -2.19. The largest absolute Gasteiger partial charge is 0.277 e. The molecule has 0 unspecified atom stereocenters. The molecule has 4 aromatic rings. The molecule has 0 N–H and O–H groups in total. The molecular formula is C22H24N4OS. The Hall–Kier alpha value is -2.60. The van der Waals surface area contributed by atoms with Gasteiger partial charge < -0.3 is 0 Å². The molecule has 0 spiro atoms. The van der Waals surface area contributed by atoms with Crippen LogP contribution in [0.3, 0.4) is 0 Å². The van der Waals surface area contributed by atoms with Gasteiger partial charge in [-0.1, -0.05) is 45.0 Å². The third-order valence-corrected chi connectivity index (χ3v) is 5.99. The number of nitrogens with zero attached hydrogens (tertiary/aromatic N) is 4. The highest BCUT2D eigenvalue weighted by molar-refractivity contribution is 7.98. The van der Waals surface area contributed by atoms with Crippen LogP contribution in [0.15, 0.2) is 58.2 Å². The predicted molar refractivity (Wildman–Crippen MR) is 115 cm³/mol. The highest BCUT2D eigenvalue weighted by atomic mass is 32.2. The normalized spacial score (nSPS) is 12.1. The first kappa shape index (κ1) is 18.7. The van der Waals surface area contributed by atoms with Gasteiger partial charge in [-0.15, -0.1) is 22.0 Å². The van der Waals surface area contributed by atoms with Crippen LogP contribution in [0.25, 0.3) is 16.7 Å². The van der Waals surface area contributed by atoms with Crippen LogP contribution in [0, 0.1) is 0 Å². The summed E-state index contributed by atoms with van der Waals surface area (Å²) in [6, 6.07) is 16.4. The van der Waals surface area contributed by atoms with Gasteiger partial charge in [0.1, 0.15) is 5.82 Å². The fraction of sp³-hybridized carbons (Fsp3) is 0.318. The molecule has 6 heteroatoms. The van der Waals surface area contributed by atoms with E-state index in [-0.39, 0.29) is 11.0 Å². The summed E-state index contributed by atoms with van der Waals surface area (Å²) < 4.78 is 3.69. The second kappa shape index (κ2) is 7.09. The topological polar surface area (TPSA) is 52.2 Å². The fourth-order valence-electron chi connectivity index (χ4n) is 3.39. The molecule has 0 radical (unpaired) electrons. The molecule has 28 heavy (non-hydrogen) atoms. The Kier molecular flexibility index (Phi) is 4.75. The van der Waals surface area contributed by atoms with Crippen molar-refractivity contribution in [3.8, 4) is 0 Å². The van der Waals surface area contributed by atoms with Gasteiger partial charge in [0.15, 0.2) is 0 Å². The van der Waals surface area contributed by atoms with Crippen molar-refractivity contribution >= 4 is 28.4 Å². The third kappa shape index (κ3) is 3.22. The van der Waals surface area contributed by atoms with Crippen molar-refractivity contribution in [2.45, 2.75) is 50.3 Å². The van der Waals surface area contributed by atoms with E-state index in [0.29, 0.717) is 23.5 Å². The van der Waals surface area contributed by atoms with Crippen LogP contribution >= 0.6 is 11.8 Å². The van der Waals surface area contributed by atoms with E-state index in [1.165, 1.54) is 10.5 Å². The minimum Gasteiger partial charge on any atom is -0.277 e. The fourth-order valence-corrected chi connectivity index (χ4v) is 4.20. The molecule has 0 bridgehead atoms. The van der Waals surface area contributed by atoms with Crippen LogP contribution in [0.1, 0.15) is 39.1 Å². The van der Waals surface area contributed by atoms with E-state index in [2.05, 4.69) is 55.2 Å². The van der Waals surface area contributed by atoms with E-state index >= 15 is 0 Å². The maximum absolute atomic E-state index is 12.8. The summed E-state index contributed by atoms with van der Waals surface area (Å²) in [4.78, 5) is 13.9. The second-order valence-electron chi connectivity index (χ2n) is 7.88. The Morgan fingerprint density at radius 1 is 1.00 bits per heavy atom. The van der Waals surface area contributed by atoms with Crippen LogP contribution in [0.5, 0.6) is 0 Å². The zero-order valence-electron chi connectivity index (χ0n) is 16.6. The van der Waals surface area contributed by atoms with Crippen LogP contribution < -0.4 is 5.56 Å². The maximum Gasteiger partial charge on any atom is 0.262 e. The molecule has 0 aliphatic heterocycles. The number of hydrogen-bond acceptors (Lipinski definition) is 4. The number of hydrogen-bond donors (Lipinski definition) is 0. The number of benzene rings is 2.